The fourth-order valence-corrected chi connectivity index (χ4v) is 18.9. The molecular formula is C108H190N2O12. The van der Waals surface area contributed by atoms with Crippen molar-refractivity contribution in [2.45, 2.75) is 581 Å². The molecule has 122 heavy (non-hydrogen) atoms. The molecule has 1 aromatic rings. The normalized spacial score (nSPS) is 13.1. The monoisotopic (exact) mass is 1710 g/mol. The number of amides is 2. The Kier molecular flexibility index (Phi) is 70.9. The molecule has 0 heterocycles. The van der Waals surface area contributed by atoms with E-state index in [1.54, 1.807) is 0 Å². The summed E-state index contributed by atoms with van der Waals surface area (Å²) in [6, 6.07) is -1.94. The third kappa shape index (κ3) is 43.8. The molecule has 1 rings (SSSR count). The third-order valence-corrected chi connectivity index (χ3v) is 26.4. The predicted molar refractivity (Wildman–Crippen MR) is 512 cm³/mol. The zero-order valence-corrected chi connectivity index (χ0v) is 81.4. The number of nitrogens with two attached hydrogens (primary N) is 1. The Morgan fingerprint density at radius 3 is 0.713 bits per heavy atom. The first kappa shape index (κ1) is 115. The zero-order chi connectivity index (χ0) is 90.3. The molecule has 14 heteroatoms. The fraction of sp³-hybridized carbons (Fsp3) is 0.843. The molecule has 14 nitrogen and oxygen atoms in total. The van der Waals surface area contributed by atoms with Gasteiger partial charge in [0.1, 0.15) is 0 Å². The highest BCUT2D eigenvalue weighted by Crippen LogP contribution is 2.52. The van der Waals surface area contributed by atoms with E-state index in [9.17, 15) is 5.11 Å². The van der Waals surface area contributed by atoms with Gasteiger partial charge in [-0.2, -0.15) is 0 Å². The van der Waals surface area contributed by atoms with E-state index in [0.29, 0.717) is 101 Å². The van der Waals surface area contributed by atoms with Crippen molar-refractivity contribution in [3.8, 4) is 0 Å². The molecule has 3 unspecified atom stereocenters. The van der Waals surface area contributed by atoms with Crippen molar-refractivity contribution >= 4 is 64.0 Å². The van der Waals surface area contributed by atoms with E-state index in [0.717, 1.165) is 283 Å². The number of imide groups is 1. The molecule has 2 amide bonds. The van der Waals surface area contributed by atoms with Crippen LogP contribution in [0.15, 0.2) is 0 Å². The second kappa shape index (κ2) is 75.2. The molecule has 0 radical (unpaired) electrons. The van der Waals surface area contributed by atoms with Gasteiger partial charge in [0.05, 0.1) is 6.04 Å². The highest BCUT2D eigenvalue weighted by Gasteiger charge is 2.76. The number of benzene rings is 1. The first-order valence-corrected chi connectivity index (χ1v) is 52.6. The van der Waals surface area contributed by atoms with Gasteiger partial charge in [-0.15, -0.1) is 0 Å². The number of carboxylic acid groups (broad SMARTS) is 1. The first-order valence-electron chi connectivity index (χ1n) is 52.6. The molecule has 0 aliphatic carbocycles. The van der Waals surface area contributed by atoms with Gasteiger partial charge in [-0.1, -0.05) is 442 Å². The number of carboxylic acids is 1. The fourth-order valence-electron chi connectivity index (χ4n) is 18.9. The highest BCUT2D eigenvalue weighted by molar-refractivity contribution is 6.33. The van der Waals surface area contributed by atoms with E-state index < -0.39 is 140 Å². The number of hydrogen-bond donors (Lipinski definition) is 2. The van der Waals surface area contributed by atoms with Crippen LogP contribution in [0.5, 0.6) is 0 Å². The lowest BCUT2D eigenvalue weighted by molar-refractivity contribution is -0.180. The summed E-state index contributed by atoms with van der Waals surface area (Å²) in [5.74, 6) is -11.5. The summed E-state index contributed by atoms with van der Waals surface area (Å²) in [6.45, 7) is 22.8. The number of rotatable bonds is 90. The molecule has 0 fully saturated rings. The number of unbranched alkanes of at least 4 members (excludes halogenated alkanes) is 54. The average molecular weight is 1710 g/mol. The van der Waals surface area contributed by atoms with Crippen LogP contribution in [0.4, 0.5) is 0 Å². The summed E-state index contributed by atoms with van der Waals surface area (Å²) in [7, 11) is 0. The van der Waals surface area contributed by atoms with Crippen LogP contribution < -0.4 is 5.73 Å². The number of aliphatic carboxylic acids is 1. The van der Waals surface area contributed by atoms with Crippen LogP contribution >= 0.6 is 0 Å². The zero-order valence-electron chi connectivity index (χ0n) is 81.4. The van der Waals surface area contributed by atoms with Crippen molar-refractivity contribution in [1.29, 1.82) is 0 Å². The van der Waals surface area contributed by atoms with Gasteiger partial charge in [0, 0.05) is 85.6 Å². The predicted octanol–water partition coefficient (Wildman–Crippen LogP) is 31.5. The molecule has 1 aromatic carbocycles. The second-order valence-corrected chi connectivity index (χ2v) is 37.3. The maximum atomic E-state index is 18.3. The Hall–Kier alpha value is -4.85. The Balaban J connectivity index is 6.04. The second-order valence-electron chi connectivity index (χ2n) is 37.3. The molecule has 0 saturated heterocycles. The molecule has 0 spiro atoms. The van der Waals surface area contributed by atoms with Crippen LogP contribution in [0.3, 0.4) is 0 Å². The number of ketones is 8. The lowest BCUT2D eigenvalue weighted by Crippen LogP contribution is -2.79. The van der Waals surface area contributed by atoms with Gasteiger partial charge >= 0.3 is 5.97 Å². The van der Waals surface area contributed by atoms with Gasteiger partial charge < -0.3 is 10.8 Å². The maximum Gasteiger partial charge on any atom is 0.339 e. The van der Waals surface area contributed by atoms with Crippen LogP contribution in [0.2, 0.25) is 0 Å². The van der Waals surface area contributed by atoms with Crippen molar-refractivity contribution in [2.75, 3.05) is 0 Å². The molecule has 704 valence electrons. The Morgan fingerprint density at radius 1 is 0.262 bits per heavy atom. The van der Waals surface area contributed by atoms with Crippen LogP contribution in [-0.4, -0.2) is 85.6 Å². The summed E-state index contributed by atoms with van der Waals surface area (Å²) in [6.07, 6.45) is 47.8. The molecule has 0 aliphatic heterocycles. The van der Waals surface area contributed by atoms with E-state index in [1.807, 2.05) is 0 Å². The number of Topliss-reactive ketones (excluding diaryl/α,β-unsaturated/α-hetero) is 8. The van der Waals surface area contributed by atoms with E-state index in [-0.39, 0.29) is 83.5 Å². The molecular weight excluding hydrogens is 1520 g/mol. The summed E-state index contributed by atoms with van der Waals surface area (Å²) in [4.78, 5) is 192. The number of nitrogens with zero attached hydrogens (tertiary/aromatic N) is 1. The topological polar surface area (TPSA) is 237 Å². The minimum atomic E-state index is -3.95. The molecule has 3 N–H and O–H groups in total. The molecule has 0 aliphatic rings. The van der Waals surface area contributed by atoms with Crippen molar-refractivity contribution in [3.05, 3.63) is 33.4 Å². The first-order chi connectivity index (χ1) is 59.2. The smallest absolute Gasteiger partial charge is 0.339 e. The Morgan fingerprint density at radius 2 is 0.475 bits per heavy atom. The number of hydrogen-bond acceptors (Lipinski definition) is 12. The summed E-state index contributed by atoms with van der Waals surface area (Å²) in [5.41, 5.74) is -4.22. The Bertz CT molecular complexity index is 2920. The van der Waals surface area contributed by atoms with Gasteiger partial charge in [0.15, 0.2) is 51.7 Å². The van der Waals surface area contributed by atoms with Gasteiger partial charge in [0.2, 0.25) is 17.4 Å². The molecule has 4 atom stereocenters. The summed E-state index contributed by atoms with van der Waals surface area (Å²) in [5, 5.41) is 13.8. The highest BCUT2D eigenvalue weighted by atomic mass is 16.4. The van der Waals surface area contributed by atoms with Gasteiger partial charge in [-0.3, -0.25) is 52.8 Å². The minimum absolute atomic E-state index is 0.00413. The third-order valence-electron chi connectivity index (χ3n) is 26.4. The SMILES string of the molecule is CCCCCCCCCC(=O)c1c(C(=O)CCCCCCCCC)c(C(=O)CCCCCCCCC)c(C(C(=O)CCCCCCCCC)(C(=O)C(C)N)[C@](C(=O)O)(C(=O)CCCCCCCCC)N(C(=O)CCCCCCCCC)C(=O)CCCCCCCCCC(CC)CCC)c(C(=O)CCCCCCCCC)c1C(=O)CCCCCCCCC. The standard InChI is InChI=1S/C108H190N2O12/c1-12-22-30-38-47-58-68-79-90(111)99-100(91(112)80-69-59-48-39-31-23-13-2)102(93(114)82-71-61-50-41-33-25-15-4)104(103(94(115)83-72-62-51-42-34-26-16-5)101(99)92(113)81-70-60-49-40-32-24-14-3)107(105(120)88(11)109,95(116)84-73-63-52-43-35-27-17-6)108(106(121)122,96(117)85-74-64-53-44-36-28-18-7)110(97(118)86-75-65-54-45-37-29-19-8)98(119)87-76-66-56-46-55-57-67-78-89(21-10)77-20-9/h88-89H,12-87,109H2,1-11H3,(H,121,122)/t88?,89?,107?,108-/m1/s1. The van der Waals surface area contributed by atoms with E-state index in [2.05, 4.69) is 69.2 Å². The van der Waals surface area contributed by atoms with E-state index in [1.165, 1.54) is 13.3 Å². The average Bonchev–Trinajstić information content (AvgIpc) is 0.671. The lowest BCUT2D eigenvalue weighted by atomic mass is 9.52. The van der Waals surface area contributed by atoms with Crippen molar-refractivity contribution in [3.63, 3.8) is 0 Å². The van der Waals surface area contributed by atoms with Crippen molar-refractivity contribution in [1.82, 2.24) is 4.90 Å². The largest absolute Gasteiger partial charge is 0.479 e. The van der Waals surface area contributed by atoms with E-state index in [4.69, 9.17) is 5.73 Å². The van der Waals surface area contributed by atoms with Crippen LogP contribution in [0, 0.1) is 5.92 Å². The Labute approximate surface area is 748 Å². The number of carbonyl (C=O) groups excluding carboxylic acids is 10. The summed E-state index contributed by atoms with van der Waals surface area (Å²) < 4.78 is 0. The number of carbonyl (C=O) groups is 11. The van der Waals surface area contributed by atoms with Gasteiger partial charge in [0.25, 0.3) is 0 Å². The molecule has 0 saturated carbocycles. The van der Waals surface area contributed by atoms with Gasteiger partial charge in [-0.25, -0.2) is 4.79 Å². The molecule has 0 bridgehead atoms. The van der Waals surface area contributed by atoms with Crippen molar-refractivity contribution in [2.24, 2.45) is 11.7 Å². The van der Waals surface area contributed by atoms with Crippen molar-refractivity contribution < 1.29 is 57.8 Å². The van der Waals surface area contributed by atoms with Crippen LogP contribution in [0.1, 0.15) is 621 Å². The lowest BCUT2D eigenvalue weighted by Gasteiger charge is -2.51. The van der Waals surface area contributed by atoms with Crippen LogP contribution in [0.25, 0.3) is 0 Å². The molecule has 0 aromatic heterocycles. The van der Waals surface area contributed by atoms with Crippen LogP contribution in [-0.2, 0) is 34.2 Å². The quantitative estimate of drug-likeness (QED) is 0.0351. The maximum absolute atomic E-state index is 18.3. The van der Waals surface area contributed by atoms with E-state index >= 15 is 52.7 Å². The van der Waals surface area contributed by atoms with Gasteiger partial charge in [-0.05, 0) is 76.2 Å². The minimum Gasteiger partial charge on any atom is -0.479 e. The summed E-state index contributed by atoms with van der Waals surface area (Å²) >= 11 is 0.